The van der Waals surface area contributed by atoms with E-state index >= 15 is 0 Å². The van der Waals surface area contributed by atoms with Gasteiger partial charge in [-0.1, -0.05) is 44.9 Å². The highest BCUT2D eigenvalue weighted by Gasteiger charge is 2.40. The summed E-state index contributed by atoms with van der Waals surface area (Å²) in [6, 6.07) is 10.6. The molecule has 2 aromatic carbocycles. The van der Waals surface area contributed by atoms with E-state index < -0.39 is 0 Å². The Morgan fingerprint density at radius 3 is 1.43 bits per heavy atom. The minimum Gasteiger partial charge on any atom is -0.497 e. The number of benzene rings is 2. The van der Waals surface area contributed by atoms with Crippen LogP contribution in [0.4, 0.5) is 11.4 Å². The minimum atomic E-state index is -0.114. The molecule has 4 aliphatic rings. The summed E-state index contributed by atoms with van der Waals surface area (Å²) < 4.78 is 23.1. The molecule has 2 unspecified atom stereocenters. The molecular formula is C37H48N4O6. The highest BCUT2D eigenvalue weighted by atomic mass is 16.5. The van der Waals surface area contributed by atoms with Crippen LogP contribution in [0.2, 0.25) is 0 Å². The van der Waals surface area contributed by atoms with Gasteiger partial charge >= 0.3 is 0 Å². The monoisotopic (exact) mass is 644 g/mol. The Kier molecular flexibility index (Phi) is 11.2. The van der Waals surface area contributed by atoms with Crippen molar-refractivity contribution >= 4 is 35.6 Å². The first-order valence-corrected chi connectivity index (χ1v) is 17.4. The van der Waals surface area contributed by atoms with Gasteiger partial charge in [0.2, 0.25) is 0 Å². The van der Waals surface area contributed by atoms with Crippen molar-refractivity contribution < 1.29 is 28.5 Å². The van der Waals surface area contributed by atoms with Crippen LogP contribution in [0.1, 0.15) is 91.3 Å². The average molecular weight is 645 g/mol. The van der Waals surface area contributed by atoms with E-state index in [4.69, 9.17) is 18.9 Å². The smallest absolute Gasteiger partial charge is 0.256 e. The van der Waals surface area contributed by atoms with Gasteiger partial charge in [0.25, 0.3) is 11.8 Å². The number of aliphatic imine (C=N–C) groups is 2. The first kappa shape index (κ1) is 33.2. The topological polar surface area (TPSA) is 102 Å². The van der Waals surface area contributed by atoms with E-state index in [1.165, 1.54) is 32.1 Å². The van der Waals surface area contributed by atoms with E-state index in [0.717, 1.165) is 51.7 Å². The van der Waals surface area contributed by atoms with Crippen molar-refractivity contribution in [3.8, 4) is 11.5 Å². The second kappa shape index (κ2) is 15.9. The molecule has 2 fully saturated rings. The molecule has 2 amide bonds. The van der Waals surface area contributed by atoms with Crippen LogP contribution in [-0.2, 0) is 9.47 Å². The Bertz CT molecular complexity index is 1350. The summed E-state index contributed by atoms with van der Waals surface area (Å²) in [6.45, 7) is 2.83. The second-order valence-corrected chi connectivity index (χ2v) is 12.9. The van der Waals surface area contributed by atoms with Crippen molar-refractivity contribution in [3.63, 3.8) is 0 Å². The molecule has 4 aliphatic heterocycles. The lowest BCUT2D eigenvalue weighted by Gasteiger charge is -2.23. The third kappa shape index (κ3) is 7.70. The summed E-state index contributed by atoms with van der Waals surface area (Å²) >= 11 is 0. The quantitative estimate of drug-likeness (QED) is 0.192. The number of fused-ring (bicyclic) bond motifs is 4. The Hall–Kier alpha value is -3.76. The van der Waals surface area contributed by atoms with Crippen molar-refractivity contribution in [1.82, 2.24) is 9.80 Å². The number of ether oxygens (including phenoxy) is 4. The van der Waals surface area contributed by atoms with E-state index in [-0.39, 0.29) is 36.1 Å². The van der Waals surface area contributed by atoms with Gasteiger partial charge in [-0.25, -0.2) is 0 Å². The predicted octanol–water partition coefficient (Wildman–Crippen LogP) is 6.55. The number of amides is 2. The first-order chi connectivity index (χ1) is 23.1. The number of hydrogen-bond acceptors (Lipinski definition) is 8. The average Bonchev–Trinajstić information content (AvgIpc) is 3.63. The molecule has 252 valence electrons. The predicted molar refractivity (Wildman–Crippen MR) is 182 cm³/mol. The van der Waals surface area contributed by atoms with E-state index in [2.05, 4.69) is 9.98 Å². The number of methoxy groups -OCH3 is 2. The zero-order valence-corrected chi connectivity index (χ0v) is 27.8. The number of unbranched alkanes of at least 4 members (excludes halogenated alkanes) is 8. The van der Waals surface area contributed by atoms with Gasteiger partial charge in [0.15, 0.2) is 0 Å². The molecule has 0 bridgehead atoms. The van der Waals surface area contributed by atoms with Crippen LogP contribution in [0.5, 0.6) is 11.5 Å². The van der Waals surface area contributed by atoms with E-state index in [1.54, 1.807) is 26.4 Å². The molecule has 2 aromatic rings. The summed E-state index contributed by atoms with van der Waals surface area (Å²) in [6.07, 6.45) is 16.1. The second-order valence-electron chi connectivity index (χ2n) is 12.9. The van der Waals surface area contributed by atoms with Gasteiger partial charge < -0.3 is 28.7 Å². The van der Waals surface area contributed by atoms with Gasteiger partial charge in [-0.2, -0.15) is 0 Å². The van der Waals surface area contributed by atoms with Crippen LogP contribution in [-0.4, -0.2) is 98.9 Å². The van der Waals surface area contributed by atoms with Crippen molar-refractivity contribution in [2.45, 2.75) is 94.9 Å². The molecule has 0 saturated carbocycles. The molecule has 0 N–H and O–H groups in total. The zero-order valence-electron chi connectivity index (χ0n) is 27.8. The van der Waals surface area contributed by atoms with Gasteiger partial charge in [-0.15, -0.1) is 0 Å². The van der Waals surface area contributed by atoms with E-state index in [0.29, 0.717) is 47.1 Å². The molecule has 0 radical (unpaired) electrons. The summed E-state index contributed by atoms with van der Waals surface area (Å²) in [4.78, 5) is 39.3. The summed E-state index contributed by atoms with van der Waals surface area (Å²) in [5, 5.41) is 0. The largest absolute Gasteiger partial charge is 0.497 e. The molecule has 47 heavy (non-hydrogen) atoms. The third-order valence-corrected chi connectivity index (χ3v) is 9.87. The number of nitrogens with zero attached hydrogens (tertiary/aromatic N) is 4. The van der Waals surface area contributed by atoms with Crippen LogP contribution in [0, 0.1) is 0 Å². The lowest BCUT2D eigenvalue weighted by molar-refractivity contribution is 0.0402. The molecule has 0 spiro atoms. The molecule has 0 aliphatic carbocycles. The van der Waals surface area contributed by atoms with Gasteiger partial charge in [0.1, 0.15) is 11.5 Å². The van der Waals surface area contributed by atoms with Gasteiger partial charge in [-0.3, -0.25) is 19.6 Å². The van der Waals surface area contributed by atoms with Crippen molar-refractivity contribution in [1.29, 1.82) is 0 Å². The highest BCUT2D eigenvalue weighted by molar-refractivity contribution is 6.04. The standard InChI is InChI=1S/C37H48N4O6/c1-44-26-12-14-28-30(22-26)38-24-32-34(16-18-40(32)36(28)42)46-20-10-8-6-4-3-5-7-9-11-21-47-35-17-19-41-33(35)25-39-31-23-27(45-2)13-15-29(31)37(41)43/h12-15,22-25,32-35H,3-11,16-21H2,1-2H3/t32-,33-,34?,35?/m0/s1. The molecule has 2 saturated heterocycles. The number of carbonyl (C=O) groups is 2. The Morgan fingerprint density at radius 1 is 0.617 bits per heavy atom. The Balaban J connectivity index is 0.797. The van der Waals surface area contributed by atoms with Gasteiger partial charge in [0, 0.05) is 50.9 Å². The molecule has 4 atom stereocenters. The van der Waals surface area contributed by atoms with Crippen molar-refractivity contribution in [2.75, 3.05) is 40.5 Å². The molecule has 10 nitrogen and oxygen atoms in total. The molecule has 0 aromatic heterocycles. The van der Waals surface area contributed by atoms with Crippen molar-refractivity contribution in [2.24, 2.45) is 9.98 Å². The maximum atomic E-state index is 13.1. The maximum Gasteiger partial charge on any atom is 0.256 e. The molecule has 4 heterocycles. The normalized spacial score (nSPS) is 22.9. The fourth-order valence-corrected chi connectivity index (χ4v) is 7.15. The zero-order chi connectivity index (χ0) is 32.6. The SMILES string of the molecule is COc1ccc2c(c1)N=C[C@H]1C(OCCCCCCCCCCCOC3CCN4C(=O)c5ccc(OC)cc5N=C[C@@H]34)CCN1C2=O. The lowest BCUT2D eigenvalue weighted by atomic mass is 10.1. The fourth-order valence-electron chi connectivity index (χ4n) is 7.15. The van der Waals surface area contributed by atoms with Crippen LogP contribution in [0.25, 0.3) is 0 Å². The first-order valence-electron chi connectivity index (χ1n) is 17.4. The Morgan fingerprint density at radius 2 is 1.02 bits per heavy atom. The third-order valence-electron chi connectivity index (χ3n) is 9.87. The maximum absolute atomic E-state index is 13.1. The number of hydrogen-bond donors (Lipinski definition) is 0. The molecule has 10 heteroatoms. The van der Waals surface area contributed by atoms with Crippen LogP contribution in [0.3, 0.4) is 0 Å². The van der Waals surface area contributed by atoms with E-state index in [9.17, 15) is 9.59 Å². The van der Waals surface area contributed by atoms with E-state index in [1.807, 2.05) is 46.5 Å². The fraction of sp³-hybridized carbons (Fsp3) is 0.568. The number of carbonyl (C=O) groups excluding carboxylic acids is 2. The van der Waals surface area contributed by atoms with Gasteiger partial charge in [0.05, 0.1) is 61.0 Å². The minimum absolute atomic E-state index is 0.0000377. The molecular weight excluding hydrogens is 596 g/mol. The Labute approximate surface area is 278 Å². The summed E-state index contributed by atoms with van der Waals surface area (Å²) in [7, 11) is 3.23. The van der Waals surface area contributed by atoms with Crippen LogP contribution >= 0.6 is 0 Å². The van der Waals surface area contributed by atoms with Crippen LogP contribution in [0.15, 0.2) is 46.4 Å². The van der Waals surface area contributed by atoms with Crippen molar-refractivity contribution in [3.05, 3.63) is 47.5 Å². The lowest BCUT2D eigenvalue weighted by Crippen LogP contribution is -2.40. The number of rotatable bonds is 16. The molecule has 6 rings (SSSR count). The van der Waals surface area contributed by atoms with Crippen LogP contribution < -0.4 is 9.47 Å². The van der Waals surface area contributed by atoms with Gasteiger partial charge in [-0.05, 0) is 49.9 Å². The summed E-state index contributed by atoms with van der Waals surface area (Å²) in [5.74, 6) is 1.44. The highest BCUT2D eigenvalue weighted by Crippen LogP contribution is 2.34. The summed E-state index contributed by atoms with van der Waals surface area (Å²) in [5.41, 5.74) is 2.57.